The summed E-state index contributed by atoms with van der Waals surface area (Å²) in [6.07, 6.45) is 8.59. The number of halogens is 4. The van der Waals surface area contributed by atoms with Gasteiger partial charge in [-0.25, -0.2) is 17.6 Å². The summed E-state index contributed by atoms with van der Waals surface area (Å²) in [4.78, 5) is 33.6. The molecule has 1 aromatic heterocycles. The third-order valence-electron chi connectivity index (χ3n) is 10.6. The van der Waals surface area contributed by atoms with Gasteiger partial charge >= 0.3 is 12.0 Å². The van der Waals surface area contributed by atoms with E-state index in [2.05, 4.69) is 21.1 Å². The number of carboxylic acid groups (broad SMARTS) is 1. The molecule has 4 aromatic rings. The van der Waals surface area contributed by atoms with E-state index in [1.165, 1.54) is 32.2 Å². The molecule has 0 radical (unpaired) electrons. The van der Waals surface area contributed by atoms with E-state index in [0.717, 1.165) is 38.3 Å². The van der Waals surface area contributed by atoms with Gasteiger partial charge in [0, 0.05) is 56.0 Å². The van der Waals surface area contributed by atoms with Crippen LogP contribution in [0.25, 0.3) is 32.8 Å². The predicted octanol–water partition coefficient (Wildman–Crippen LogP) is 5.38. The van der Waals surface area contributed by atoms with Gasteiger partial charge in [-0.2, -0.15) is 9.97 Å². The summed E-state index contributed by atoms with van der Waals surface area (Å²) in [5, 5.41) is 10.8. The highest BCUT2D eigenvalue weighted by Crippen LogP contribution is 2.47. The van der Waals surface area contributed by atoms with Crippen molar-refractivity contribution in [1.82, 2.24) is 20.2 Å². The third-order valence-corrected chi connectivity index (χ3v) is 10.6. The van der Waals surface area contributed by atoms with E-state index < -0.39 is 40.7 Å². The number of aromatic nitrogens is 2. The summed E-state index contributed by atoms with van der Waals surface area (Å²) in [6, 6.07) is 5.37. The number of ether oxygens (including phenoxy) is 3. The van der Waals surface area contributed by atoms with Crippen LogP contribution in [0.2, 0.25) is 0 Å². The maximum absolute atomic E-state index is 17.3. The average Bonchev–Trinajstić information content (AvgIpc) is 3.77. The average molecular weight is 736 g/mol. The molecule has 0 saturated carbocycles. The molecular weight excluding hydrogens is 698 g/mol. The number of piperazine rings is 1. The largest absolute Gasteiger partial charge is 0.493 e. The fraction of sp³-hybridized carbons (Fsp3) is 0.421. The summed E-state index contributed by atoms with van der Waals surface area (Å²) in [5.41, 5.74) is -1.81. The van der Waals surface area contributed by atoms with Gasteiger partial charge < -0.3 is 29.5 Å². The first-order valence-corrected chi connectivity index (χ1v) is 17.3. The molecule has 5 heterocycles. The van der Waals surface area contributed by atoms with E-state index >= 15 is 13.2 Å². The van der Waals surface area contributed by atoms with Crippen LogP contribution in [0.5, 0.6) is 17.5 Å². The highest BCUT2D eigenvalue weighted by Gasteiger charge is 2.49. The molecule has 53 heavy (non-hydrogen) atoms. The molecular formula is C38H37F4N5O6. The quantitative estimate of drug-likeness (QED) is 0.0836. The smallest absolute Gasteiger partial charge is 0.319 e. The number of hydrogen-bond acceptors (Lipinski definition) is 10. The molecule has 0 spiro atoms. The van der Waals surface area contributed by atoms with E-state index in [1.54, 1.807) is 0 Å². The summed E-state index contributed by atoms with van der Waals surface area (Å²) < 4.78 is 81.2. The van der Waals surface area contributed by atoms with Crippen molar-refractivity contribution in [2.45, 2.75) is 62.8 Å². The number of fused-ring (bicyclic) bond motifs is 5. The van der Waals surface area contributed by atoms with Gasteiger partial charge in [0.1, 0.15) is 35.7 Å². The van der Waals surface area contributed by atoms with E-state index in [9.17, 15) is 9.18 Å². The molecule has 11 nitrogen and oxygen atoms in total. The Morgan fingerprint density at radius 3 is 2.55 bits per heavy atom. The first-order valence-electron chi connectivity index (χ1n) is 17.3. The molecule has 278 valence electrons. The van der Waals surface area contributed by atoms with Crippen molar-refractivity contribution in [3.63, 3.8) is 0 Å². The monoisotopic (exact) mass is 735 g/mol. The molecule has 4 fully saturated rings. The lowest BCUT2D eigenvalue weighted by Gasteiger charge is -2.35. The minimum absolute atomic E-state index is 0.00837. The number of nitrogens with zero attached hydrogens (tertiary/aromatic N) is 4. The molecule has 8 rings (SSSR count). The minimum Gasteiger partial charge on any atom is -0.493 e. The topological polar surface area (TPSA) is 126 Å². The zero-order valence-electron chi connectivity index (χ0n) is 29.1. The van der Waals surface area contributed by atoms with Crippen LogP contribution in [0.3, 0.4) is 0 Å². The van der Waals surface area contributed by atoms with Crippen LogP contribution in [-0.4, -0.2) is 96.1 Å². The fourth-order valence-electron chi connectivity index (χ4n) is 8.55. The zero-order chi connectivity index (χ0) is 37.6. The fourth-order valence-corrected chi connectivity index (χ4v) is 8.55. The predicted molar refractivity (Wildman–Crippen MR) is 188 cm³/mol. The molecule has 2 bridgehead atoms. The molecule has 15 heteroatoms. The van der Waals surface area contributed by atoms with Gasteiger partial charge in [0.2, 0.25) is 0 Å². The Balaban J connectivity index is 0.00000140. The van der Waals surface area contributed by atoms with Crippen LogP contribution in [-0.2, 0) is 9.59 Å². The molecule has 4 aliphatic rings. The molecule has 0 amide bonds. The van der Waals surface area contributed by atoms with E-state index in [1.807, 2.05) is 4.90 Å². The van der Waals surface area contributed by atoms with Crippen LogP contribution in [0, 0.1) is 29.8 Å². The Hall–Kier alpha value is -5.20. The maximum atomic E-state index is 17.3. The number of esters is 1. The van der Waals surface area contributed by atoms with Crippen LogP contribution in [0.15, 0.2) is 24.3 Å². The van der Waals surface area contributed by atoms with Crippen molar-refractivity contribution in [2.24, 2.45) is 0 Å². The SMILES string of the molecule is C#Cc1c(F)ccc2cc(OC(C)=O)cc(-c3c(F)c(OC)c4c(N5C[C@H]6CC[C@@H](C5)N6)nc(OC[C@@]56CCCN5C[C@H](F)C6)nc4c3F)c12.O=CO. The lowest BCUT2D eigenvalue weighted by Crippen LogP contribution is -2.51. The molecule has 4 saturated heterocycles. The lowest BCUT2D eigenvalue weighted by atomic mass is 9.92. The Morgan fingerprint density at radius 1 is 1.13 bits per heavy atom. The number of benzene rings is 3. The van der Waals surface area contributed by atoms with Gasteiger partial charge in [-0.1, -0.05) is 12.0 Å². The molecule has 0 aliphatic carbocycles. The Bertz CT molecular complexity index is 2150. The van der Waals surface area contributed by atoms with Crippen molar-refractivity contribution in [2.75, 3.05) is 44.8 Å². The lowest BCUT2D eigenvalue weighted by molar-refractivity contribution is -0.131. The Labute approximate surface area is 302 Å². The standard InChI is InChI=1S/C37H35F4N5O4.CH2O2/c1-4-25-27(39)9-6-20-12-24(50-19(2)47)13-26(28(20)25)29-31(40)33-30(34(48-3)32(29)41)35(45-16-22-7-8-23(17-45)42-22)44-36(43-33)49-18-37-10-5-11-46(37)15-21(38)14-37;2-1-3/h1,6,9,12-13,21-23,42H,5,7-8,10-11,14-18H2,2-3H3;1H,(H,2,3)/t21-,22-,23+,37+;/m1./s1. The number of carbonyl (C=O) groups excluding carboxylic acids is 1. The number of carbonyl (C=O) groups is 2. The van der Waals surface area contributed by atoms with Gasteiger partial charge in [-0.3, -0.25) is 14.5 Å². The second kappa shape index (κ2) is 14.3. The molecule has 4 aliphatic heterocycles. The number of rotatable bonds is 7. The van der Waals surface area contributed by atoms with Crippen LogP contribution in [0.4, 0.5) is 23.4 Å². The van der Waals surface area contributed by atoms with Gasteiger partial charge in [0.15, 0.2) is 17.4 Å². The zero-order valence-corrected chi connectivity index (χ0v) is 29.1. The van der Waals surface area contributed by atoms with Crippen LogP contribution >= 0.6 is 0 Å². The van der Waals surface area contributed by atoms with E-state index in [-0.39, 0.29) is 81.3 Å². The van der Waals surface area contributed by atoms with Gasteiger partial charge in [0.25, 0.3) is 6.47 Å². The number of methoxy groups -OCH3 is 1. The highest BCUT2D eigenvalue weighted by molar-refractivity contribution is 6.06. The number of terminal acetylenes is 1. The molecule has 4 atom stereocenters. The Morgan fingerprint density at radius 2 is 1.87 bits per heavy atom. The number of anilines is 1. The second-order valence-electron chi connectivity index (χ2n) is 13.8. The van der Waals surface area contributed by atoms with E-state index in [0.29, 0.717) is 26.1 Å². The minimum atomic E-state index is -1.09. The van der Waals surface area contributed by atoms with Crippen molar-refractivity contribution in [1.29, 1.82) is 0 Å². The number of nitrogens with one attached hydrogen (secondary N) is 1. The van der Waals surface area contributed by atoms with Gasteiger partial charge in [-0.05, 0) is 55.8 Å². The van der Waals surface area contributed by atoms with Crippen LogP contribution in [0.1, 0.15) is 44.6 Å². The third kappa shape index (κ3) is 6.44. The van der Waals surface area contributed by atoms with Crippen molar-refractivity contribution >= 4 is 39.9 Å². The normalized spacial score (nSPS) is 23.3. The number of hydrogen-bond donors (Lipinski definition) is 2. The second-order valence-corrected chi connectivity index (χ2v) is 13.8. The van der Waals surface area contributed by atoms with Crippen molar-refractivity contribution in [3.05, 3.63) is 47.3 Å². The summed E-state index contributed by atoms with van der Waals surface area (Å²) in [6.45, 7) is 3.16. The molecule has 0 unspecified atom stereocenters. The summed E-state index contributed by atoms with van der Waals surface area (Å²) in [5.74, 6) is -1.44. The molecule has 2 N–H and O–H groups in total. The first-order chi connectivity index (χ1) is 25.5. The Kier molecular flexibility index (Phi) is 9.77. The van der Waals surface area contributed by atoms with Crippen LogP contribution < -0.4 is 24.4 Å². The molecule has 3 aromatic carbocycles. The summed E-state index contributed by atoms with van der Waals surface area (Å²) in [7, 11) is 1.26. The maximum Gasteiger partial charge on any atom is 0.319 e. The van der Waals surface area contributed by atoms with Crippen molar-refractivity contribution in [3.8, 4) is 41.0 Å². The first kappa shape index (κ1) is 36.2. The summed E-state index contributed by atoms with van der Waals surface area (Å²) >= 11 is 0. The van der Waals surface area contributed by atoms with Crippen molar-refractivity contribution < 1.29 is 46.5 Å². The number of alkyl halides is 1. The van der Waals surface area contributed by atoms with Gasteiger partial charge in [-0.15, -0.1) is 6.42 Å². The van der Waals surface area contributed by atoms with Gasteiger partial charge in [0.05, 0.1) is 29.2 Å². The van der Waals surface area contributed by atoms with E-state index in [4.69, 9.17) is 35.5 Å². The highest BCUT2D eigenvalue weighted by atomic mass is 19.1.